The molecule has 4 heteroatoms. The van der Waals surface area contributed by atoms with Crippen LogP contribution in [0.4, 0.5) is 0 Å². The predicted molar refractivity (Wildman–Crippen MR) is 83.0 cm³/mol. The summed E-state index contributed by atoms with van der Waals surface area (Å²) in [5, 5.41) is 0. The molecule has 2 heterocycles. The molecule has 0 bridgehead atoms. The molecule has 1 saturated heterocycles. The second kappa shape index (κ2) is 7.29. The van der Waals surface area contributed by atoms with Crippen molar-refractivity contribution in [2.24, 2.45) is 0 Å². The van der Waals surface area contributed by atoms with Crippen molar-refractivity contribution in [1.82, 2.24) is 14.9 Å². The highest BCUT2D eigenvalue weighted by molar-refractivity contribution is 5.58. The van der Waals surface area contributed by atoms with Crippen LogP contribution in [0.1, 0.15) is 12.0 Å². The minimum absolute atomic E-state index is 0.877. The molecule has 0 radical (unpaired) electrons. The fourth-order valence-corrected chi connectivity index (χ4v) is 2.67. The molecular weight excluding hydrogens is 262 g/mol. The Morgan fingerprint density at radius 2 is 2.05 bits per heavy atom. The molecule has 3 rings (SSSR count). The van der Waals surface area contributed by atoms with Crippen LogP contribution in [0.2, 0.25) is 0 Å². The number of hydrogen-bond acceptors (Lipinski definition) is 4. The zero-order valence-corrected chi connectivity index (χ0v) is 12.2. The van der Waals surface area contributed by atoms with Gasteiger partial charge in [-0.25, -0.2) is 0 Å². The van der Waals surface area contributed by atoms with Crippen molar-refractivity contribution >= 4 is 0 Å². The number of morpholine rings is 1. The highest BCUT2D eigenvalue weighted by Gasteiger charge is 2.09. The number of nitrogens with zero attached hydrogens (tertiary/aromatic N) is 3. The van der Waals surface area contributed by atoms with E-state index >= 15 is 0 Å². The van der Waals surface area contributed by atoms with Crippen LogP contribution in [0.3, 0.4) is 0 Å². The lowest BCUT2D eigenvalue weighted by Gasteiger charge is -2.26. The van der Waals surface area contributed by atoms with Gasteiger partial charge in [0.15, 0.2) is 0 Å². The Labute approximate surface area is 125 Å². The standard InChI is InChI=1S/C17H21N3O/c1-3-15(4-2-8-20-9-11-21-12-10-20)13-16(5-1)17-14-18-6-7-19-17/h1,3,5-7,13-14H,2,4,8-12H2. The van der Waals surface area contributed by atoms with Gasteiger partial charge in [-0.3, -0.25) is 14.9 Å². The van der Waals surface area contributed by atoms with E-state index in [1.807, 2.05) is 6.20 Å². The molecule has 4 nitrogen and oxygen atoms in total. The zero-order chi connectivity index (χ0) is 14.3. The Kier molecular flexibility index (Phi) is 4.92. The summed E-state index contributed by atoms with van der Waals surface area (Å²) in [7, 11) is 0. The molecule has 1 aromatic heterocycles. The van der Waals surface area contributed by atoms with Gasteiger partial charge in [-0.1, -0.05) is 18.2 Å². The summed E-state index contributed by atoms with van der Waals surface area (Å²) in [5.41, 5.74) is 3.45. The van der Waals surface area contributed by atoms with Gasteiger partial charge in [0, 0.05) is 31.0 Å². The summed E-state index contributed by atoms with van der Waals surface area (Å²) in [5.74, 6) is 0. The van der Waals surface area contributed by atoms with Crippen molar-refractivity contribution < 1.29 is 4.74 Å². The average molecular weight is 283 g/mol. The summed E-state index contributed by atoms with van der Waals surface area (Å²) < 4.78 is 5.37. The third-order valence-corrected chi connectivity index (χ3v) is 3.83. The third kappa shape index (κ3) is 4.09. The third-order valence-electron chi connectivity index (χ3n) is 3.83. The normalized spacial score (nSPS) is 16.0. The first-order valence-electron chi connectivity index (χ1n) is 7.57. The molecular formula is C17H21N3O. The number of benzene rings is 1. The topological polar surface area (TPSA) is 38.2 Å². The predicted octanol–water partition coefficient (Wildman–Crippen LogP) is 2.41. The number of aryl methyl sites for hydroxylation is 1. The van der Waals surface area contributed by atoms with Crippen molar-refractivity contribution in [1.29, 1.82) is 0 Å². The fraction of sp³-hybridized carbons (Fsp3) is 0.412. The van der Waals surface area contributed by atoms with Crippen molar-refractivity contribution in [3.8, 4) is 11.3 Å². The fourth-order valence-electron chi connectivity index (χ4n) is 2.67. The van der Waals surface area contributed by atoms with Crippen LogP contribution >= 0.6 is 0 Å². The summed E-state index contributed by atoms with van der Waals surface area (Å²) in [4.78, 5) is 11.0. The van der Waals surface area contributed by atoms with E-state index < -0.39 is 0 Å². The minimum atomic E-state index is 0.877. The molecule has 0 N–H and O–H groups in total. The SMILES string of the molecule is c1cc(CCCN2CCOCC2)cc(-c2cnccn2)c1. The zero-order valence-electron chi connectivity index (χ0n) is 12.2. The Bertz CT molecular complexity index is 553. The molecule has 110 valence electrons. The van der Waals surface area contributed by atoms with Crippen molar-refractivity contribution in [2.45, 2.75) is 12.8 Å². The van der Waals surface area contributed by atoms with E-state index in [9.17, 15) is 0 Å². The van der Waals surface area contributed by atoms with Gasteiger partial charge in [-0.15, -0.1) is 0 Å². The maximum Gasteiger partial charge on any atom is 0.0885 e. The van der Waals surface area contributed by atoms with Crippen LogP contribution in [0.25, 0.3) is 11.3 Å². The lowest BCUT2D eigenvalue weighted by atomic mass is 10.0. The first-order chi connectivity index (χ1) is 10.4. The molecule has 21 heavy (non-hydrogen) atoms. The number of ether oxygens (including phenoxy) is 1. The van der Waals surface area contributed by atoms with Crippen LogP contribution in [-0.4, -0.2) is 47.7 Å². The molecule has 0 aliphatic carbocycles. The second-order valence-electron chi connectivity index (χ2n) is 5.35. The Hall–Kier alpha value is -1.78. The van der Waals surface area contributed by atoms with Crippen molar-refractivity contribution in [2.75, 3.05) is 32.8 Å². The summed E-state index contributed by atoms with van der Waals surface area (Å²) >= 11 is 0. The lowest BCUT2D eigenvalue weighted by Crippen LogP contribution is -2.36. The van der Waals surface area contributed by atoms with E-state index in [4.69, 9.17) is 4.74 Å². The van der Waals surface area contributed by atoms with Gasteiger partial charge in [0.25, 0.3) is 0 Å². The Morgan fingerprint density at radius 3 is 2.86 bits per heavy atom. The van der Waals surface area contributed by atoms with Gasteiger partial charge >= 0.3 is 0 Å². The molecule has 1 aliphatic rings. The maximum atomic E-state index is 5.37. The van der Waals surface area contributed by atoms with Gasteiger partial charge < -0.3 is 4.74 Å². The van der Waals surface area contributed by atoms with Crippen LogP contribution in [0, 0.1) is 0 Å². The van der Waals surface area contributed by atoms with Crippen molar-refractivity contribution in [3.05, 3.63) is 48.4 Å². The summed E-state index contributed by atoms with van der Waals surface area (Å²) in [6.45, 7) is 5.04. The first-order valence-corrected chi connectivity index (χ1v) is 7.57. The molecule has 0 saturated carbocycles. The molecule has 1 aromatic carbocycles. The minimum Gasteiger partial charge on any atom is -0.379 e. The Balaban J connectivity index is 1.56. The quantitative estimate of drug-likeness (QED) is 0.844. The highest BCUT2D eigenvalue weighted by atomic mass is 16.5. The number of aromatic nitrogens is 2. The van der Waals surface area contributed by atoms with Gasteiger partial charge in [0.1, 0.15) is 0 Å². The van der Waals surface area contributed by atoms with E-state index in [2.05, 4.69) is 39.1 Å². The van der Waals surface area contributed by atoms with Gasteiger partial charge in [-0.2, -0.15) is 0 Å². The number of rotatable bonds is 5. The molecule has 0 unspecified atom stereocenters. The largest absolute Gasteiger partial charge is 0.379 e. The lowest BCUT2D eigenvalue weighted by molar-refractivity contribution is 0.0375. The van der Waals surface area contributed by atoms with Crippen LogP contribution in [0.15, 0.2) is 42.9 Å². The second-order valence-corrected chi connectivity index (χ2v) is 5.35. The molecule has 0 amide bonds. The van der Waals surface area contributed by atoms with E-state index in [-0.39, 0.29) is 0 Å². The molecule has 1 aliphatic heterocycles. The highest BCUT2D eigenvalue weighted by Crippen LogP contribution is 2.18. The maximum absolute atomic E-state index is 5.37. The smallest absolute Gasteiger partial charge is 0.0885 e. The first kappa shape index (κ1) is 14.2. The Morgan fingerprint density at radius 1 is 1.14 bits per heavy atom. The summed E-state index contributed by atoms with van der Waals surface area (Å²) in [6.07, 6.45) is 7.54. The van der Waals surface area contributed by atoms with E-state index in [0.717, 1.165) is 50.5 Å². The van der Waals surface area contributed by atoms with Crippen LogP contribution in [0.5, 0.6) is 0 Å². The van der Waals surface area contributed by atoms with Gasteiger partial charge in [-0.05, 0) is 31.0 Å². The molecule has 0 spiro atoms. The summed E-state index contributed by atoms with van der Waals surface area (Å²) in [6, 6.07) is 8.62. The molecule has 0 atom stereocenters. The monoisotopic (exact) mass is 283 g/mol. The van der Waals surface area contributed by atoms with Crippen molar-refractivity contribution in [3.63, 3.8) is 0 Å². The van der Waals surface area contributed by atoms with Crippen LogP contribution < -0.4 is 0 Å². The van der Waals surface area contributed by atoms with Gasteiger partial charge in [0.05, 0.1) is 25.1 Å². The molecule has 2 aromatic rings. The number of hydrogen-bond donors (Lipinski definition) is 0. The van der Waals surface area contributed by atoms with E-state index in [1.165, 1.54) is 12.0 Å². The average Bonchev–Trinajstić information content (AvgIpc) is 2.57. The molecule has 1 fully saturated rings. The van der Waals surface area contributed by atoms with Crippen LogP contribution in [-0.2, 0) is 11.2 Å². The van der Waals surface area contributed by atoms with E-state index in [0.29, 0.717) is 0 Å². The van der Waals surface area contributed by atoms with E-state index in [1.54, 1.807) is 12.4 Å². The van der Waals surface area contributed by atoms with Gasteiger partial charge in [0.2, 0.25) is 0 Å².